The molecule has 1 aromatic heterocycles. The summed E-state index contributed by atoms with van der Waals surface area (Å²) in [5.41, 5.74) is 1.33. The van der Waals surface area contributed by atoms with Gasteiger partial charge >= 0.3 is 0 Å². The van der Waals surface area contributed by atoms with Gasteiger partial charge in [-0.1, -0.05) is 37.3 Å². The van der Waals surface area contributed by atoms with E-state index < -0.39 is 0 Å². The maximum absolute atomic E-state index is 5.83. The lowest BCUT2D eigenvalue weighted by molar-refractivity contribution is 0.470. The molecule has 1 heterocycles. The molecule has 1 atom stereocenters. The van der Waals surface area contributed by atoms with Gasteiger partial charge in [0.15, 0.2) is 0 Å². The van der Waals surface area contributed by atoms with Gasteiger partial charge in [0.05, 0.1) is 0 Å². The van der Waals surface area contributed by atoms with Gasteiger partial charge in [-0.05, 0) is 49.1 Å². The molecule has 0 aliphatic carbocycles. The first kappa shape index (κ1) is 15.3. The summed E-state index contributed by atoms with van der Waals surface area (Å²) >= 11 is 0. The lowest BCUT2D eigenvalue weighted by Gasteiger charge is -2.14. The Morgan fingerprint density at radius 1 is 1.00 bits per heavy atom. The SMILES string of the molecule is Cc1nccn1CC(C)Cc1ccc(Oc2ccccc2)cc1. The quantitative estimate of drug-likeness (QED) is 0.650. The van der Waals surface area contributed by atoms with Gasteiger partial charge in [0, 0.05) is 18.9 Å². The molecule has 0 saturated carbocycles. The lowest BCUT2D eigenvalue weighted by Crippen LogP contribution is -2.10. The highest BCUT2D eigenvalue weighted by atomic mass is 16.5. The highest BCUT2D eigenvalue weighted by Crippen LogP contribution is 2.22. The number of nitrogens with zero attached hydrogens (tertiary/aromatic N) is 2. The molecule has 0 aliphatic heterocycles. The third-order valence-electron chi connectivity index (χ3n) is 3.92. The molecule has 0 bridgehead atoms. The number of aromatic nitrogens is 2. The van der Waals surface area contributed by atoms with Crippen molar-refractivity contribution in [1.82, 2.24) is 9.55 Å². The molecule has 1 unspecified atom stereocenters. The largest absolute Gasteiger partial charge is 0.457 e. The van der Waals surface area contributed by atoms with Crippen molar-refractivity contribution in [3.8, 4) is 11.5 Å². The monoisotopic (exact) mass is 306 g/mol. The number of hydrogen-bond donors (Lipinski definition) is 0. The van der Waals surface area contributed by atoms with Crippen LogP contribution in [0.2, 0.25) is 0 Å². The van der Waals surface area contributed by atoms with Crippen molar-refractivity contribution in [2.24, 2.45) is 5.92 Å². The molecule has 0 N–H and O–H groups in total. The van der Waals surface area contributed by atoms with Gasteiger partial charge < -0.3 is 9.30 Å². The number of aryl methyl sites for hydroxylation is 1. The molecule has 0 amide bonds. The first-order valence-electron chi connectivity index (χ1n) is 8.00. The van der Waals surface area contributed by atoms with Gasteiger partial charge in [0.1, 0.15) is 17.3 Å². The fourth-order valence-electron chi connectivity index (χ4n) is 2.72. The van der Waals surface area contributed by atoms with E-state index in [0.29, 0.717) is 5.92 Å². The highest BCUT2D eigenvalue weighted by Gasteiger charge is 2.07. The van der Waals surface area contributed by atoms with Crippen molar-refractivity contribution in [3.63, 3.8) is 0 Å². The molecule has 3 rings (SSSR count). The number of hydrogen-bond acceptors (Lipinski definition) is 2. The zero-order valence-corrected chi connectivity index (χ0v) is 13.6. The van der Waals surface area contributed by atoms with E-state index in [9.17, 15) is 0 Å². The van der Waals surface area contributed by atoms with Crippen LogP contribution in [-0.4, -0.2) is 9.55 Å². The molecule has 3 nitrogen and oxygen atoms in total. The molecular formula is C20H22N2O. The molecule has 0 radical (unpaired) electrons. The number of imidazole rings is 1. The fourth-order valence-corrected chi connectivity index (χ4v) is 2.72. The normalized spacial score (nSPS) is 12.1. The second-order valence-corrected chi connectivity index (χ2v) is 6.00. The molecule has 3 heteroatoms. The fraction of sp³-hybridized carbons (Fsp3) is 0.250. The zero-order chi connectivity index (χ0) is 16.1. The van der Waals surface area contributed by atoms with Crippen molar-refractivity contribution >= 4 is 0 Å². The third-order valence-corrected chi connectivity index (χ3v) is 3.92. The lowest BCUT2D eigenvalue weighted by atomic mass is 10.0. The van der Waals surface area contributed by atoms with Gasteiger partial charge in [-0.25, -0.2) is 4.98 Å². The van der Waals surface area contributed by atoms with Crippen LogP contribution in [0.4, 0.5) is 0 Å². The van der Waals surface area contributed by atoms with Crippen LogP contribution in [0, 0.1) is 12.8 Å². The van der Waals surface area contributed by atoms with Gasteiger partial charge in [0.2, 0.25) is 0 Å². The topological polar surface area (TPSA) is 27.1 Å². The Labute approximate surface area is 137 Å². The van der Waals surface area contributed by atoms with Crippen molar-refractivity contribution in [2.75, 3.05) is 0 Å². The van der Waals surface area contributed by atoms with E-state index in [1.54, 1.807) is 0 Å². The van der Waals surface area contributed by atoms with Crippen LogP contribution < -0.4 is 4.74 Å². The predicted octanol–water partition coefficient (Wildman–Crippen LogP) is 4.86. The molecule has 23 heavy (non-hydrogen) atoms. The predicted molar refractivity (Wildman–Crippen MR) is 92.8 cm³/mol. The first-order chi connectivity index (χ1) is 11.2. The zero-order valence-electron chi connectivity index (χ0n) is 13.6. The van der Waals surface area contributed by atoms with Gasteiger partial charge in [-0.3, -0.25) is 0 Å². The van der Waals surface area contributed by atoms with Crippen LogP contribution in [0.5, 0.6) is 11.5 Å². The van der Waals surface area contributed by atoms with Crippen LogP contribution in [0.15, 0.2) is 67.0 Å². The van der Waals surface area contributed by atoms with E-state index in [4.69, 9.17) is 4.74 Å². The second-order valence-electron chi connectivity index (χ2n) is 6.00. The van der Waals surface area contributed by atoms with Gasteiger partial charge in [-0.2, -0.15) is 0 Å². The van der Waals surface area contributed by atoms with Crippen molar-refractivity contribution in [3.05, 3.63) is 78.4 Å². The average Bonchev–Trinajstić information content (AvgIpc) is 2.95. The standard InChI is InChI=1S/C20H22N2O/c1-16(15-22-13-12-21-17(22)2)14-18-8-10-20(11-9-18)23-19-6-4-3-5-7-19/h3-13,16H,14-15H2,1-2H3. The van der Waals surface area contributed by atoms with Crippen LogP contribution in [0.3, 0.4) is 0 Å². The Bertz CT molecular complexity index is 732. The molecule has 0 fully saturated rings. The van der Waals surface area contributed by atoms with Crippen LogP contribution in [0.25, 0.3) is 0 Å². The molecule has 0 aliphatic rings. The Balaban J connectivity index is 1.58. The summed E-state index contributed by atoms with van der Waals surface area (Å²) in [6, 6.07) is 18.2. The van der Waals surface area contributed by atoms with E-state index >= 15 is 0 Å². The number of para-hydroxylation sites is 1. The summed E-state index contributed by atoms with van der Waals surface area (Å²) < 4.78 is 8.03. The summed E-state index contributed by atoms with van der Waals surface area (Å²) in [5, 5.41) is 0. The van der Waals surface area contributed by atoms with Crippen molar-refractivity contribution in [2.45, 2.75) is 26.8 Å². The molecular weight excluding hydrogens is 284 g/mol. The van der Waals surface area contributed by atoms with E-state index in [-0.39, 0.29) is 0 Å². The number of ether oxygens (including phenoxy) is 1. The Morgan fingerprint density at radius 2 is 1.70 bits per heavy atom. The highest BCUT2D eigenvalue weighted by molar-refractivity contribution is 5.33. The number of rotatable bonds is 6. The maximum Gasteiger partial charge on any atom is 0.127 e. The van der Waals surface area contributed by atoms with Crippen LogP contribution in [0.1, 0.15) is 18.3 Å². The summed E-state index contributed by atoms with van der Waals surface area (Å²) in [5.74, 6) is 3.37. The van der Waals surface area contributed by atoms with Crippen LogP contribution in [-0.2, 0) is 13.0 Å². The van der Waals surface area contributed by atoms with Crippen LogP contribution >= 0.6 is 0 Å². The molecule has 2 aromatic carbocycles. The Hall–Kier alpha value is -2.55. The second kappa shape index (κ2) is 7.14. The van der Waals surface area contributed by atoms with E-state index in [2.05, 4.69) is 28.6 Å². The summed E-state index contributed by atoms with van der Waals surface area (Å²) in [6.07, 6.45) is 4.95. The maximum atomic E-state index is 5.83. The Morgan fingerprint density at radius 3 is 2.35 bits per heavy atom. The molecule has 118 valence electrons. The van der Waals surface area contributed by atoms with Crippen molar-refractivity contribution < 1.29 is 4.74 Å². The van der Waals surface area contributed by atoms with E-state index in [1.807, 2.05) is 61.8 Å². The van der Waals surface area contributed by atoms with E-state index in [0.717, 1.165) is 30.3 Å². The minimum atomic E-state index is 0.559. The van der Waals surface area contributed by atoms with E-state index in [1.165, 1.54) is 5.56 Å². The smallest absolute Gasteiger partial charge is 0.127 e. The molecule has 0 saturated heterocycles. The molecule has 3 aromatic rings. The van der Waals surface area contributed by atoms with Crippen molar-refractivity contribution in [1.29, 1.82) is 0 Å². The Kier molecular flexibility index (Phi) is 4.77. The molecule has 0 spiro atoms. The number of benzene rings is 2. The first-order valence-corrected chi connectivity index (χ1v) is 8.00. The minimum Gasteiger partial charge on any atom is -0.457 e. The third kappa shape index (κ3) is 4.22. The van der Waals surface area contributed by atoms with Gasteiger partial charge in [0.25, 0.3) is 0 Å². The summed E-state index contributed by atoms with van der Waals surface area (Å²) in [7, 11) is 0. The van der Waals surface area contributed by atoms with Gasteiger partial charge in [-0.15, -0.1) is 0 Å². The summed E-state index contributed by atoms with van der Waals surface area (Å²) in [4.78, 5) is 4.27. The summed E-state index contributed by atoms with van der Waals surface area (Å²) in [6.45, 7) is 5.31. The average molecular weight is 306 g/mol. The minimum absolute atomic E-state index is 0.559.